The summed E-state index contributed by atoms with van der Waals surface area (Å²) in [4.78, 5) is 40.4. The molecule has 0 fully saturated rings. The number of nitrogens with one attached hydrogen (secondary N) is 1. The molecule has 0 atom stereocenters. The normalized spacial score (nSPS) is 13.9. The second kappa shape index (κ2) is 8.28. The van der Waals surface area contributed by atoms with E-state index in [1.165, 1.54) is 6.92 Å². The van der Waals surface area contributed by atoms with Gasteiger partial charge in [0.15, 0.2) is 0 Å². The molecule has 7 nitrogen and oxygen atoms in total. The Morgan fingerprint density at radius 1 is 1.03 bits per heavy atom. The van der Waals surface area contributed by atoms with E-state index in [2.05, 4.69) is 5.32 Å². The first-order valence-corrected chi connectivity index (χ1v) is 9.23. The minimum atomic E-state index is -0.450. The van der Waals surface area contributed by atoms with E-state index in [4.69, 9.17) is 0 Å². The van der Waals surface area contributed by atoms with Gasteiger partial charge in [0.2, 0.25) is 5.91 Å². The van der Waals surface area contributed by atoms with Crippen LogP contribution in [-0.4, -0.2) is 47.9 Å². The van der Waals surface area contributed by atoms with Crippen LogP contribution in [0.5, 0.6) is 0 Å². The lowest BCUT2D eigenvalue weighted by Gasteiger charge is -2.20. The molecule has 2 aromatic carbocycles. The number of anilines is 2. The molecule has 0 spiro atoms. The zero-order valence-electron chi connectivity index (χ0n) is 16.6. The summed E-state index contributed by atoms with van der Waals surface area (Å²) in [6.45, 7) is 3.43. The zero-order chi connectivity index (χ0) is 21.1. The van der Waals surface area contributed by atoms with Gasteiger partial charge in [0.25, 0.3) is 11.8 Å². The number of carbonyl (C=O) groups excluding carboxylic acids is 3. The van der Waals surface area contributed by atoms with Crippen molar-refractivity contribution < 1.29 is 19.5 Å². The Morgan fingerprint density at radius 3 is 2.21 bits per heavy atom. The summed E-state index contributed by atoms with van der Waals surface area (Å²) < 4.78 is 0. The van der Waals surface area contributed by atoms with E-state index in [1.807, 2.05) is 31.2 Å². The monoisotopic (exact) mass is 393 g/mol. The number of benzene rings is 2. The summed E-state index contributed by atoms with van der Waals surface area (Å²) in [7, 11) is 1.67. The molecule has 0 unspecified atom stereocenters. The smallest absolute Gasteiger partial charge is 0.282 e. The molecule has 0 aliphatic carbocycles. The van der Waals surface area contributed by atoms with Gasteiger partial charge in [0.1, 0.15) is 5.70 Å². The molecule has 0 aromatic heterocycles. The minimum absolute atomic E-state index is 0.145. The Hall–Kier alpha value is -3.45. The van der Waals surface area contributed by atoms with Gasteiger partial charge in [0, 0.05) is 26.2 Å². The second-order valence-corrected chi connectivity index (χ2v) is 6.91. The number of amides is 3. The Bertz CT molecular complexity index is 978. The van der Waals surface area contributed by atoms with E-state index in [1.54, 1.807) is 36.2 Å². The van der Waals surface area contributed by atoms with Crippen LogP contribution in [0.4, 0.5) is 11.4 Å². The van der Waals surface area contributed by atoms with Crippen molar-refractivity contribution in [3.63, 3.8) is 0 Å². The van der Waals surface area contributed by atoms with Gasteiger partial charge in [0.05, 0.1) is 17.9 Å². The van der Waals surface area contributed by atoms with Crippen LogP contribution in [0.3, 0.4) is 0 Å². The van der Waals surface area contributed by atoms with Crippen LogP contribution < -0.4 is 10.2 Å². The largest absolute Gasteiger partial charge is 0.395 e. The first kappa shape index (κ1) is 20.3. The van der Waals surface area contributed by atoms with Gasteiger partial charge in [-0.2, -0.15) is 0 Å². The molecule has 0 bridgehead atoms. The Morgan fingerprint density at radius 2 is 1.66 bits per heavy atom. The number of carbonyl (C=O) groups is 3. The Labute approximate surface area is 169 Å². The van der Waals surface area contributed by atoms with Crippen LogP contribution >= 0.6 is 0 Å². The number of hydrogen-bond acceptors (Lipinski definition) is 5. The second-order valence-electron chi connectivity index (χ2n) is 6.91. The maximum absolute atomic E-state index is 13.3. The molecule has 0 saturated heterocycles. The zero-order valence-corrected chi connectivity index (χ0v) is 16.6. The van der Waals surface area contributed by atoms with Crippen molar-refractivity contribution >= 4 is 34.7 Å². The number of aliphatic hydroxyl groups is 1. The third-order valence-corrected chi connectivity index (χ3v) is 4.66. The van der Waals surface area contributed by atoms with Crippen molar-refractivity contribution in [2.75, 3.05) is 30.4 Å². The van der Waals surface area contributed by atoms with E-state index in [0.717, 1.165) is 10.5 Å². The third kappa shape index (κ3) is 4.05. The number of aryl methyl sites for hydroxylation is 1. The highest BCUT2D eigenvalue weighted by molar-refractivity contribution is 6.45. The van der Waals surface area contributed by atoms with E-state index in [-0.39, 0.29) is 24.8 Å². The molecular formula is C22H23N3O4. The molecule has 1 aliphatic heterocycles. The summed E-state index contributed by atoms with van der Waals surface area (Å²) in [5.41, 5.74) is 3.22. The standard InChI is InChI=1S/C22H23N3O4/c1-14-4-6-16(7-5-14)19-20(24(3)12-13-26)22(29)25(21(19)28)18-10-8-17(9-11-18)23-15(2)27/h4-11,26H,12-13H2,1-3H3,(H,23,27). The fourth-order valence-corrected chi connectivity index (χ4v) is 3.25. The summed E-state index contributed by atoms with van der Waals surface area (Å²) in [5.74, 6) is -1.08. The summed E-state index contributed by atoms with van der Waals surface area (Å²) >= 11 is 0. The third-order valence-electron chi connectivity index (χ3n) is 4.66. The number of aliphatic hydroxyl groups excluding tert-OH is 1. The fourth-order valence-electron chi connectivity index (χ4n) is 3.25. The molecular weight excluding hydrogens is 370 g/mol. The predicted octanol–water partition coefficient (Wildman–Crippen LogP) is 2.16. The molecule has 7 heteroatoms. The molecule has 2 aromatic rings. The van der Waals surface area contributed by atoms with Crippen LogP contribution in [-0.2, 0) is 14.4 Å². The highest BCUT2D eigenvalue weighted by atomic mass is 16.3. The first-order valence-electron chi connectivity index (χ1n) is 9.23. The molecule has 1 heterocycles. The number of nitrogens with zero attached hydrogens (tertiary/aromatic N) is 2. The van der Waals surface area contributed by atoms with Crippen LogP contribution in [0.2, 0.25) is 0 Å². The van der Waals surface area contributed by atoms with Gasteiger partial charge in [-0.25, -0.2) is 4.90 Å². The van der Waals surface area contributed by atoms with Crippen LogP contribution in [0.1, 0.15) is 18.1 Å². The van der Waals surface area contributed by atoms with Gasteiger partial charge < -0.3 is 15.3 Å². The molecule has 1 aliphatic rings. The molecule has 2 N–H and O–H groups in total. The molecule has 29 heavy (non-hydrogen) atoms. The highest BCUT2D eigenvalue weighted by Crippen LogP contribution is 2.34. The molecule has 3 amide bonds. The number of likely N-dealkylation sites (N-methyl/N-ethyl adjacent to an activating group) is 1. The van der Waals surface area contributed by atoms with Crippen molar-refractivity contribution in [3.05, 3.63) is 65.4 Å². The maximum Gasteiger partial charge on any atom is 0.282 e. The van der Waals surface area contributed by atoms with Crippen molar-refractivity contribution in [2.24, 2.45) is 0 Å². The van der Waals surface area contributed by atoms with Gasteiger partial charge in [-0.15, -0.1) is 0 Å². The topological polar surface area (TPSA) is 90.0 Å². The number of imide groups is 1. The summed E-state index contributed by atoms with van der Waals surface area (Å²) in [5, 5.41) is 12.0. The number of hydrogen-bond donors (Lipinski definition) is 2. The number of rotatable bonds is 6. The lowest BCUT2D eigenvalue weighted by Crippen LogP contribution is -2.34. The Balaban J connectivity index is 2.03. The van der Waals surface area contributed by atoms with Crippen molar-refractivity contribution in [2.45, 2.75) is 13.8 Å². The maximum atomic E-state index is 13.3. The van der Waals surface area contributed by atoms with Crippen molar-refractivity contribution in [1.82, 2.24) is 4.90 Å². The highest BCUT2D eigenvalue weighted by Gasteiger charge is 2.41. The van der Waals surface area contributed by atoms with Gasteiger partial charge in [-0.3, -0.25) is 14.4 Å². The lowest BCUT2D eigenvalue weighted by molar-refractivity contribution is -0.120. The minimum Gasteiger partial charge on any atom is -0.395 e. The lowest BCUT2D eigenvalue weighted by atomic mass is 10.0. The SMILES string of the molecule is CC(=O)Nc1ccc(N2C(=O)C(c3ccc(C)cc3)=C(N(C)CCO)C2=O)cc1. The average Bonchev–Trinajstić information content (AvgIpc) is 2.93. The van der Waals surface area contributed by atoms with Crippen LogP contribution in [0, 0.1) is 6.92 Å². The van der Waals surface area contributed by atoms with Gasteiger partial charge in [-0.1, -0.05) is 29.8 Å². The molecule has 0 radical (unpaired) electrons. The fraction of sp³-hybridized carbons (Fsp3) is 0.227. The average molecular weight is 393 g/mol. The van der Waals surface area contributed by atoms with Gasteiger partial charge in [-0.05, 0) is 36.8 Å². The van der Waals surface area contributed by atoms with E-state index in [0.29, 0.717) is 22.5 Å². The van der Waals surface area contributed by atoms with Crippen molar-refractivity contribution in [1.29, 1.82) is 0 Å². The first-order chi connectivity index (χ1) is 13.8. The summed E-state index contributed by atoms with van der Waals surface area (Å²) in [6.07, 6.45) is 0. The predicted molar refractivity (Wildman–Crippen MR) is 111 cm³/mol. The quantitative estimate of drug-likeness (QED) is 0.734. The van der Waals surface area contributed by atoms with E-state index in [9.17, 15) is 19.5 Å². The Kier molecular flexibility index (Phi) is 5.79. The molecule has 3 rings (SSSR count). The van der Waals surface area contributed by atoms with E-state index >= 15 is 0 Å². The van der Waals surface area contributed by atoms with Crippen LogP contribution in [0.25, 0.3) is 5.57 Å². The summed E-state index contributed by atoms with van der Waals surface area (Å²) in [6, 6.07) is 13.9. The molecule has 150 valence electrons. The van der Waals surface area contributed by atoms with Crippen molar-refractivity contribution in [3.8, 4) is 0 Å². The van der Waals surface area contributed by atoms with E-state index < -0.39 is 11.8 Å². The van der Waals surface area contributed by atoms with Gasteiger partial charge >= 0.3 is 0 Å². The molecule has 0 saturated carbocycles. The van der Waals surface area contributed by atoms with Crippen LogP contribution in [0.15, 0.2) is 54.2 Å².